The molecule has 102 valence electrons. The third kappa shape index (κ3) is 1.46. The third-order valence-electron chi connectivity index (χ3n) is 5.63. The number of phenolic OH excluding ortho intramolecular Hbond substituents is 1. The molecule has 2 saturated heterocycles. The van der Waals surface area contributed by atoms with Crippen molar-refractivity contribution in [3.05, 3.63) is 29.3 Å². The van der Waals surface area contributed by atoms with Gasteiger partial charge in [-0.1, -0.05) is 13.0 Å². The maximum Gasteiger partial charge on any atom is 0.115 e. The fourth-order valence-corrected chi connectivity index (χ4v) is 4.74. The van der Waals surface area contributed by atoms with Gasteiger partial charge in [0.05, 0.1) is 6.61 Å². The summed E-state index contributed by atoms with van der Waals surface area (Å²) in [4.78, 5) is 0. The molecule has 2 fully saturated rings. The number of rotatable bonds is 0. The van der Waals surface area contributed by atoms with Crippen molar-refractivity contribution in [2.45, 2.75) is 37.1 Å². The van der Waals surface area contributed by atoms with Gasteiger partial charge >= 0.3 is 0 Å². The lowest BCUT2D eigenvalue weighted by Crippen LogP contribution is -2.63. The highest BCUT2D eigenvalue weighted by atomic mass is 16.5. The minimum absolute atomic E-state index is 0.134. The first-order valence-electron chi connectivity index (χ1n) is 7.37. The molecule has 3 heteroatoms. The maximum atomic E-state index is 9.90. The van der Waals surface area contributed by atoms with Crippen LogP contribution in [0, 0.1) is 5.92 Å². The Kier molecular flexibility index (Phi) is 2.45. The van der Waals surface area contributed by atoms with Crippen molar-refractivity contribution < 1.29 is 9.84 Å². The van der Waals surface area contributed by atoms with Gasteiger partial charge in [-0.15, -0.1) is 0 Å². The van der Waals surface area contributed by atoms with Gasteiger partial charge in [-0.25, -0.2) is 0 Å². The number of piperidine rings is 1. The van der Waals surface area contributed by atoms with Crippen LogP contribution in [0.25, 0.3) is 0 Å². The van der Waals surface area contributed by atoms with Gasteiger partial charge in [-0.2, -0.15) is 0 Å². The normalized spacial score (nSPS) is 40.4. The van der Waals surface area contributed by atoms with Crippen LogP contribution < -0.4 is 5.32 Å². The molecular formula is C16H21NO2. The van der Waals surface area contributed by atoms with Gasteiger partial charge in [-0.3, -0.25) is 0 Å². The van der Waals surface area contributed by atoms with Crippen LogP contribution in [0.1, 0.15) is 36.8 Å². The summed E-state index contributed by atoms with van der Waals surface area (Å²) in [6, 6.07) is 6.50. The van der Waals surface area contributed by atoms with Gasteiger partial charge in [-0.05, 0) is 54.5 Å². The molecule has 3 nitrogen and oxygen atoms in total. The second kappa shape index (κ2) is 3.97. The van der Waals surface area contributed by atoms with E-state index in [4.69, 9.17) is 4.74 Å². The Balaban J connectivity index is 1.95. The molecule has 0 spiro atoms. The van der Waals surface area contributed by atoms with Crippen molar-refractivity contribution in [1.82, 2.24) is 5.32 Å². The minimum atomic E-state index is 0.134. The Labute approximate surface area is 114 Å². The van der Waals surface area contributed by atoms with Crippen molar-refractivity contribution in [3.63, 3.8) is 0 Å². The van der Waals surface area contributed by atoms with E-state index in [0.717, 1.165) is 32.6 Å². The molecule has 2 bridgehead atoms. The van der Waals surface area contributed by atoms with Gasteiger partial charge in [0.25, 0.3) is 0 Å². The second-order valence-corrected chi connectivity index (χ2v) is 6.39. The van der Waals surface area contributed by atoms with Crippen LogP contribution >= 0.6 is 0 Å². The lowest BCUT2D eigenvalue weighted by molar-refractivity contribution is -0.0483. The predicted octanol–water partition coefficient (Wildman–Crippen LogP) is 2.15. The largest absolute Gasteiger partial charge is 0.508 e. The zero-order chi connectivity index (χ0) is 13.0. The summed E-state index contributed by atoms with van der Waals surface area (Å²) >= 11 is 0. The van der Waals surface area contributed by atoms with E-state index in [-0.39, 0.29) is 5.41 Å². The second-order valence-electron chi connectivity index (χ2n) is 6.39. The van der Waals surface area contributed by atoms with E-state index in [9.17, 15) is 5.11 Å². The fourth-order valence-electron chi connectivity index (χ4n) is 4.74. The molecule has 3 aliphatic rings. The summed E-state index contributed by atoms with van der Waals surface area (Å²) in [5.41, 5.74) is 2.88. The molecule has 1 aliphatic carbocycles. The van der Waals surface area contributed by atoms with Gasteiger partial charge < -0.3 is 15.2 Å². The molecule has 2 N–H and O–H groups in total. The van der Waals surface area contributed by atoms with Crippen LogP contribution in [0.15, 0.2) is 18.2 Å². The summed E-state index contributed by atoms with van der Waals surface area (Å²) in [7, 11) is 0. The molecule has 1 aromatic carbocycles. The number of nitrogens with one attached hydrogen (secondary N) is 1. The van der Waals surface area contributed by atoms with E-state index in [0.29, 0.717) is 23.6 Å². The van der Waals surface area contributed by atoms with E-state index in [2.05, 4.69) is 18.3 Å². The summed E-state index contributed by atoms with van der Waals surface area (Å²) in [6.45, 7) is 5.08. The van der Waals surface area contributed by atoms with Crippen molar-refractivity contribution >= 4 is 0 Å². The molecular weight excluding hydrogens is 238 g/mol. The number of phenols is 1. The molecule has 2 heterocycles. The van der Waals surface area contributed by atoms with Crippen LogP contribution in [0.4, 0.5) is 0 Å². The molecule has 4 atom stereocenters. The van der Waals surface area contributed by atoms with E-state index >= 15 is 0 Å². The van der Waals surface area contributed by atoms with Crippen molar-refractivity contribution in [2.24, 2.45) is 5.92 Å². The smallest absolute Gasteiger partial charge is 0.115 e. The first-order valence-corrected chi connectivity index (χ1v) is 7.37. The van der Waals surface area contributed by atoms with Crippen molar-refractivity contribution in [3.8, 4) is 5.75 Å². The van der Waals surface area contributed by atoms with Crippen LogP contribution in [-0.4, -0.2) is 30.9 Å². The average Bonchev–Trinajstić information content (AvgIpc) is 2.44. The minimum Gasteiger partial charge on any atom is -0.508 e. The highest BCUT2D eigenvalue weighted by molar-refractivity contribution is 5.47. The maximum absolute atomic E-state index is 9.90. The average molecular weight is 259 g/mol. The Bertz CT molecular complexity index is 511. The zero-order valence-corrected chi connectivity index (χ0v) is 11.4. The van der Waals surface area contributed by atoms with E-state index in [1.165, 1.54) is 11.1 Å². The van der Waals surface area contributed by atoms with Crippen LogP contribution in [0.2, 0.25) is 0 Å². The molecule has 0 radical (unpaired) electrons. The van der Waals surface area contributed by atoms with Gasteiger partial charge in [0, 0.05) is 18.1 Å². The van der Waals surface area contributed by atoms with Crippen molar-refractivity contribution in [1.29, 1.82) is 0 Å². The Hall–Kier alpha value is -1.06. The quantitative estimate of drug-likeness (QED) is 0.750. The standard InChI is InChI=1S/C16H21NO2/c1-10-12-3-2-11(18)8-14(12)16-5-6-17-15(10)13(16)4-7-19-9-16/h2-3,8,10,13,15,17-18H,4-7,9H2,1H3/t10-,13-,15+,16-/m0/s1. The zero-order valence-electron chi connectivity index (χ0n) is 11.4. The monoisotopic (exact) mass is 259 g/mol. The molecule has 0 amide bonds. The number of aromatic hydroxyl groups is 1. The van der Waals surface area contributed by atoms with E-state index < -0.39 is 0 Å². The summed E-state index contributed by atoms with van der Waals surface area (Å²) < 4.78 is 5.84. The van der Waals surface area contributed by atoms with Crippen LogP contribution in [0.5, 0.6) is 5.75 Å². The first-order chi connectivity index (χ1) is 9.22. The van der Waals surface area contributed by atoms with Gasteiger partial charge in [0.15, 0.2) is 0 Å². The number of fused-ring (bicyclic) bond motifs is 1. The molecule has 0 saturated carbocycles. The lowest BCUT2D eigenvalue weighted by Gasteiger charge is -2.57. The Morgan fingerprint density at radius 2 is 2.32 bits per heavy atom. The Morgan fingerprint density at radius 1 is 1.42 bits per heavy atom. The molecule has 19 heavy (non-hydrogen) atoms. The van der Waals surface area contributed by atoms with Crippen molar-refractivity contribution in [2.75, 3.05) is 19.8 Å². The summed E-state index contributed by atoms with van der Waals surface area (Å²) in [5, 5.41) is 13.6. The highest BCUT2D eigenvalue weighted by Gasteiger charge is 2.54. The Morgan fingerprint density at radius 3 is 3.21 bits per heavy atom. The number of hydrogen-bond acceptors (Lipinski definition) is 3. The lowest BCUT2D eigenvalue weighted by atomic mass is 9.54. The van der Waals surface area contributed by atoms with E-state index in [1.54, 1.807) is 0 Å². The number of benzene rings is 1. The predicted molar refractivity (Wildman–Crippen MR) is 73.5 cm³/mol. The van der Waals surface area contributed by atoms with Crippen LogP contribution in [-0.2, 0) is 10.2 Å². The number of ether oxygens (including phenoxy) is 1. The van der Waals surface area contributed by atoms with E-state index in [1.807, 2.05) is 12.1 Å². The molecule has 4 rings (SSSR count). The SMILES string of the molecule is C[C@H]1c2ccc(O)cc2[C@]23CCN[C@H]1[C@@H]2CCOC3. The third-order valence-corrected chi connectivity index (χ3v) is 5.63. The highest BCUT2D eigenvalue weighted by Crippen LogP contribution is 2.54. The molecule has 0 aromatic heterocycles. The van der Waals surface area contributed by atoms with Gasteiger partial charge in [0.2, 0.25) is 0 Å². The summed E-state index contributed by atoms with van der Waals surface area (Å²) in [5.74, 6) is 1.56. The molecule has 2 aliphatic heterocycles. The topological polar surface area (TPSA) is 41.5 Å². The van der Waals surface area contributed by atoms with Gasteiger partial charge in [0.1, 0.15) is 5.75 Å². The molecule has 1 aromatic rings. The molecule has 0 unspecified atom stereocenters. The number of hydrogen-bond donors (Lipinski definition) is 2. The van der Waals surface area contributed by atoms with Crippen LogP contribution in [0.3, 0.4) is 0 Å². The summed E-state index contributed by atoms with van der Waals surface area (Å²) in [6.07, 6.45) is 2.26. The first kappa shape index (κ1) is 11.7. The fraction of sp³-hybridized carbons (Fsp3) is 0.625.